The molecule has 0 amide bonds. The largest absolute Gasteiger partial charge is 0.378 e. The fourth-order valence-corrected chi connectivity index (χ4v) is 10.2. The summed E-state index contributed by atoms with van der Waals surface area (Å²) in [7, 11) is 0.500. The monoisotopic (exact) mass is 654 g/mol. The summed E-state index contributed by atoms with van der Waals surface area (Å²) < 4.78 is 29.3. The maximum atomic E-state index is 14.0. The number of hydrogen-bond donors (Lipinski definition) is 3. The van der Waals surface area contributed by atoms with Gasteiger partial charge in [0.15, 0.2) is 14.9 Å². The van der Waals surface area contributed by atoms with E-state index in [1.165, 1.54) is 49.9 Å². The smallest absolute Gasteiger partial charge is 0.180 e. The Morgan fingerprint density at radius 2 is 1.62 bits per heavy atom. The second-order valence-corrected chi connectivity index (χ2v) is 16.6. The van der Waals surface area contributed by atoms with Gasteiger partial charge in [-0.3, -0.25) is 5.32 Å². The molecule has 4 aliphatic heterocycles. The van der Waals surface area contributed by atoms with Crippen molar-refractivity contribution < 1.29 is 12.9 Å². The lowest BCUT2D eigenvalue weighted by molar-refractivity contribution is -0.942. The van der Waals surface area contributed by atoms with Crippen LogP contribution in [-0.2, 0) is 9.84 Å². The van der Waals surface area contributed by atoms with E-state index in [0.29, 0.717) is 10.0 Å². The number of hydrogen-bond acceptors (Lipinski definition) is 5. The third kappa shape index (κ3) is 8.21. The third-order valence-corrected chi connectivity index (χ3v) is 12.9. The molecule has 0 aliphatic carbocycles. The van der Waals surface area contributed by atoms with Crippen LogP contribution in [0.15, 0.2) is 47.4 Å². The van der Waals surface area contributed by atoms with Gasteiger partial charge in [-0.1, -0.05) is 51.7 Å². The van der Waals surface area contributed by atoms with Gasteiger partial charge >= 0.3 is 0 Å². The van der Waals surface area contributed by atoms with Crippen molar-refractivity contribution in [1.29, 1.82) is 0 Å². The summed E-state index contributed by atoms with van der Waals surface area (Å²) in [6.07, 6.45) is 11.1. The molecule has 3 N–H and O–H groups in total. The SMILES string of the molecule is CCCCC1(CCCC)CS(=O)(=O)c2ccc(N(C)C)cc2C(c2ccc(NC(=S)NCCC[N+]34CCC(CC3)CC4)cc2)N1. The average Bonchev–Trinajstić information content (AvgIpc) is 3.14. The molecule has 7 nitrogen and oxygen atoms in total. The van der Waals surface area contributed by atoms with Crippen molar-refractivity contribution in [1.82, 2.24) is 10.6 Å². The molecule has 3 fully saturated rings. The van der Waals surface area contributed by atoms with Crippen molar-refractivity contribution in [3.63, 3.8) is 0 Å². The quantitative estimate of drug-likeness (QED) is 0.127. The molecule has 4 aliphatic rings. The second kappa shape index (κ2) is 14.7. The molecular formula is C36H56N5O2S2+. The van der Waals surface area contributed by atoms with Gasteiger partial charge in [0, 0.05) is 44.0 Å². The van der Waals surface area contributed by atoms with Crippen molar-refractivity contribution in [3.8, 4) is 0 Å². The normalized spacial score (nSPS) is 24.8. The van der Waals surface area contributed by atoms with Gasteiger partial charge in [0.05, 0.1) is 42.9 Å². The molecule has 0 saturated carbocycles. The number of sulfone groups is 1. The van der Waals surface area contributed by atoms with Gasteiger partial charge in [-0.05, 0) is 91.7 Å². The van der Waals surface area contributed by atoms with Crippen LogP contribution in [0, 0.1) is 5.92 Å². The molecule has 2 aromatic carbocycles. The lowest BCUT2D eigenvalue weighted by atomic mass is 9.85. The predicted molar refractivity (Wildman–Crippen MR) is 192 cm³/mol. The molecule has 9 heteroatoms. The number of thiocarbonyl (C=S) groups is 1. The number of unbranched alkanes of at least 4 members (excludes halogenated alkanes) is 2. The van der Waals surface area contributed by atoms with Gasteiger partial charge in [0.2, 0.25) is 0 Å². The Hall–Kier alpha value is -2.20. The number of anilines is 2. The Morgan fingerprint density at radius 3 is 2.22 bits per heavy atom. The highest BCUT2D eigenvalue weighted by molar-refractivity contribution is 7.91. The Bertz CT molecular complexity index is 1380. The van der Waals surface area contributed by atoms with Gasteiger partial charge in [-0.2, -0.15) is 0 Å². The molecule has 4 heterocycles. The summed E-state index contributed by atoms with van der Waals surface area (Å²) in [4.78, 5) is 2.49. The van der Waals surface area contributed by atoms with Gasteiger partial charge < -0.3 is 20.0 Å². The van der Waals surface area contributed by atoms with E-state index in [9.17, 15) is 8.42 Å². The molecule has 6 rings (SSSR count). The summed E-state index contributed by atoms with van der Waals surface area (Å²) >= 11 is 5.66. The fourth-order valence-electron chi connectivity index (χ4n) is 7.92. The summed E-state index contributed by atoms with van der Waals surface area (Å²) in [5.74, 6) is 1.12. The van der Waals surface area contributed by atoms with Crippen molar-refractivity contribution in [2.75, 3.05) is 62.8 Å². The molecule has 1 unspecified atom stereocenters. The highest BCUT2D eigenvalue weighted by atomic mass is 32.2. The molecule has 1 atom stereocenters. The van der Waals surface area contributed by atoms with Crippen LogP contribution >= 0.6 is 12.2 Å². The van der Waals surface area contributed by atoms with Crippen LogP contribution in [0.3, 0.4) is 0 Å². The van der Waals surface area contributed by atoms with Crippen LogP contribution in [0.4, 0.5) is 11.4 Å². The Balaban J connectivity index is 1.32. The first-order chi connectivity index (χ1) is 21.6. The first kappa shape index (κ1) is 34.1. The number of nitrogens with zero attached hydrogens (tertiary/aromatic N) is 2. The second-order valence-electron chi connectivity index (χ2n) is 14.3. The van der Waals surface area contributed by atoms with Crippen molar-refractivity contribution in [2.45, 2.75) is 94.5 Å². The fraction of sp³-hybridized carbons (Fsp3) is 0.639. The molecule has 0 radical (unpaired) electrons. The minimum absolute atomic E-state index is 0.130. The molecule has 0 spiro atoms. The van der Waals surface area contributed by atoms with Crippen molar-refractivity contribution >= 4 is 38.5 Å². The zero-order valence-electron chi connectivity index (χ0n) is 28.0. The minimum atomic E-state index is -3.50. The zero-order valence-corrected chi connectivity index (χ0v) is 29.7. The van der Waals surface area contributed by atoms with E-state index >= 15 is 0 Å². The van der Waals surface area contributed by atoms with E-state index in [1.807, 2.05) is 31.1 Å². The van der Waals surface area contributed by atoms with E-state index in [2.05, 4.69) is 60.1 Å². The van der Waals surface area contributed by atoms with Gasteiger partial charge in [-0.15, -0.1) is 0 Å². The third-order valence-electron chi connectivity index (χ3n) is 10.7. The number of benzene rings is 2. The van der Waals surface area contributed by atoms with Crippen LogP contribution in [0.5, 0.6) is 0 Å². The van der Waals surface area contributed by atoms with Gasteiger partial charge in [0.25, 0.3) is 0 Å². The number of quaternary nitrogens is 1. The maximum absolute atomic E-state index is 14.0. The topological polar surface area (TPSA) is 73.5 Å². The molecular weight excluding hydrogens is 599 g/mol. The molecule has 45 heavy (non-hydrogen) atoms. The maximum Gasteiger partial charge on any atom is 0.180 e. The number of piperidine rings is 3. The predicted octanol–water partition coefficient (Wildman–Crippen LogP) is 6.65. The van der Waals surface area contributed by atoms with Gasteiger partial charge in [0.1, 0.15) is 0 Å². The summed E-state index contributed by atoms with van der Waals surface area (Å²) in [6, 6.07) is 13.9. The highest BCUT2D eigenvalue weighted by Crippen LogP contribution is 2.40. The number of rotatable bonds is 13. The van der Waals surface area contributed by atoms with E-state index in [-0.39, 0.29) is 11.8 Å². The van der Waals surface area contributed by atoms with Crippen LogP contribution in [-0.4, -0.2) is 76.1 Å². The van der Waals surface area contributed by atoms with Crippen LogP contribution < -0.4 is 20.9 Å². The standard InChI is InChI=1S/C36H55N5O2S2/c1-5-7-19-36(20-8-6-2)27-45(42,43)33-15-14-31(40(3)4)26-32(33)34(39-36)29-10-12-30(13-11-29)38-35(44)37-21-9-22-41-23-16-28(17-24-41)18-25-41/h10-15,26,28,34,39H,5-9,16-25,27H2,1-4H3,(H-,37,38,44)/p+1. The lowest BCUT2D eigenvalue weighted by Crippen LogP contribution is -2.58. The number of nitrogens with one attached hydrogen (secondary N) is 3. The van der Waals surface area contributed by atoms with E-state index in [4.69, 9.17) is 12.2 Å². The van der Waals surface area contributed by atoms with Crippen LogP contribution in [0.1, 0.15) is 95.2 Å². The average molecular weight is 655 g/mol. The Morgan fingerprint density at radius 1 is 0.978 bits per heavy atom. The molecule has 248 valence electrons. The highest BCUT2D eigenvalue weighted by Gasteiger charge is 2.43. The lowest BCUT2D eigenvalue weighted by Gasteiger charge is -2.49. The van der Waals surface area contributed by atoms with Gasteiger partial charge in [-0.25, -0.2) is 8.42 Å². The van der Waals surface area contributed by atoms with Crippen LogP contribution in [0.25, 0.3) is 0 Å². The van der Waals surface area contributed by atoms with E-state index in [0.717, 1.165) is 79.9 Å². The first-order valence-corrected chi connectivity index (χ1v) is 19.5. The number of fused-ring (bicyclic) bond motifs is 4. The van der Waals surface area contributed by atoms with Crippen LogP contribution in [0.2, 0.25) is 0 Å². The van der Waals surface area contributed by atoms with E-state index < -0.39 is 15.4 Å². The van der Waals surface area contributed by atoms with Crippen molar-refractivity contribution in [2.24, 2.45) is 5.92 Å². The Kier molecular flexibility index (Phi) is 11.2. The molecule has 0 aromatic heterocycles. The summed E-state index contributed by atoms with van der Waals surface area (Å²) in [5, 5.41) is 11.4. The molecule has 2 bridgehead atoms. The molecule has 2 aromatic rings. The minimum Gasteiger partial charge on any atom is -0.378 e. The van der Waals surface area contributed by atoms with Crippen molar-refractivity contribution in [3.05, 3.63) is 53.6 Å². The zero-order chi connectivity index (χ0) is 32.1. The summed E-state index contributed by atoms with van der Waals surface area (Å²) in [5.41, 5.74) is 3.34. The van der Waals surface area contributed by atoms with E-state index in [1.54, 1.807) is 0 Å². The molecule has 3 saturated heterocycles. The first-order valence-electron chi connectivity index (χ1n) is 17.4. The Labute approximate surface area is 278 Å². The summed E-state index contributed by atoms with van der Waals surface area (Å²) in [6.45, 7) is 10.6.